The summed E-state index contributed by atoms with van der Waals surface area (Å²) in [6.07, 6.45) is 0. The van der Waals surface area contributed by atoms with Gasteiger partial charge in [0.1, 0.15) is 0 Å². The highest BCUT2D eigenvalue weighted by molar-refractivity contribution is 9.10. The van der Waals surface area contributed by atoms with Gasteiger partial charge in [-0.15, -0.1) is 0 Å². The normalized spacial score (nSPS) is 12.1. The summed E-state index contributed by atoms with van der Waals surface area (Å²) < 4.78 is 1.07. The highest BCUT2D eigenvalue weighted by Gasteiger charge is 2.20. The molecular weight excluding hydrogens is 442 g/mol. The molecule has 0 aromatic heterocycles. The SMILES string of the molecule is CC(C)(C)c1ccc(N(c2cccc(Cl)c2)c2cc(Br)cc(C(C)(C)C)c2)cc1. The average Bonchev–Trinajstić information content (AvgIpc) is 2.60. The topological polar surface area (TPSA) is 3.24 Å². The van der Waals surface area contributed by atoms with Crippen LogP contribution >= 0.6 is 27.5 Å². The summed E-state index contributed by atoms with van der Waals surface area (Å²) in [7, 11) is 0. The molecule has 0 aliphatic heterocycles. The lowest BCUT2D eigenvalue weighted by Gasteiger charge is -2.29. The molecule has 0 aliphatic carbocycles. The van der Waals surface area contributed by atoms with Gasteiger partial charge in [-0.05, 0) is 70.5 Å². The van der Waals surface area contributed by atoms with Crippen molar-refractivity contribution in [3.63, 3.8) is 0 Å². The molecule has 0 radical (unpaired) electrons. The minimum Gasteiger partial charge on any atom is -0.310 e. The van der Waals surface area contributed by atoms with E-state index in [4.69, 9.17) is 11.6 Å². The summed E-state index contributed by atoms with van der Waals surface area (Å²) >= 11 is 10.1. The number of halogens is 2. The van der Waals surface area contributed by atoms with Crippen LogP contribution in [-0.2, 0) is 10.8 Å². The van der Waals surface area contributed by atoms with E-state index in [1.165, 1.54) is 11.1 Å². The van der Waals surface area contributed by atoms with Crippen LogP contribution in [-0.4, -0.2) is 0 Å². The first kappa shape index (κ1) is 21.9. The lowest BCUT2D eigenvalue weighted by atomic mass is 9.86. The number of rotatable bonds is 3. The van der Waals surface area contributed by atoms with Gasteiger partial charge in [0.25, 0.3) is 0 Å². The van der Waals surface area contributed by atoms with Gasteiger partial charge >= 0.3 is 0 Å². The molecule has 0 aliphatic rings. The maximum absolute atomic E-state index is 6.35. The molecule has 0 spiro atoms. The van der Waals surface area contributed by atoms with E-state index in [9.17, 15) is 0 Å². The zero-order chi connectivity index (χ0) is 21.4. The van der Waals surface area contributed by atoms with E-state index >= 15 is 0 Å². The van der Waals surface area contributed by atoms with E-state index < -0.39 is 0 Å². The quantitative estimate of drug-likeness (QED) is 0.369. The number of hydrogen-bond acceptors (Lipinski definition) is 1. The van der Waals surface area contributed by atoms with Crippen LogP contribution in [0.25, 0.3) is 0 Å². The minimum absolute atomic E-state index is 0.0502. The average molecular weight is 471 g/mol. The summed E-state index contributed by atoms with van der Waals surface area (Å²) in [6, 6.07) is 23.5. The Morgan fingerprint density at radius 1 is 0.655 bits per heavy atom. The number of anilines is 3. The standard InChI is InChI=1S/C26H29BrClN/c1-25(2,3)18-10-12-22(13-11-18)29(23-9-7-8-21(28)17-23)24-15-19(26(4,5)6)14-20(27)16-24/h7-17H,1-6H3. The van der Waals surface area contributed by atoms with Gasteiger partial charge in [-0.2, -0.15) is 0 Å². The fourth-order valence-corrected chi connectivity index (χ4v) is 3.97. The van der Waals surface area contributed by atoms with Crippen LogP contribution in [0, 0.1) is 0 Å². The fourth-order valence-electron chi connectivity index (χ4n) is 3.31. The summed E-state index contributed by atoms with van der Waals surface area (Å²) in [5.74, 6) is 0. The van der Waals surface area contributed by atoms with Crippen LogP contribution in [0.4, 0.5) is 17.1 Å². The van der Waals surface area contributed by atoms with Gasteiger partial charge in [-0.25, -0.2) is 0 Å². The highest BCUT2D eigenvalue weighted by atomic mass is 79.9. The molecular formula is C26H29BrClN. The third-order valence-corrected chi connectivity index (χ3v) is 5.76. The fraction of sp³-hybridized carbons (Fsp3) is 0.308. The van der Waals surface area contributed by atoms with Crippen LogP contribution in [0.5, 0.6) is 0 Å². The van der Waals surface area contributed by atoms with Crippen LogP contribution in [0.2, 0.25) is 5.02 Å². The Bertz CT molecular complexity index is 994. The Balaban J connectivity index is 2.19. The molecule has 0 fully saturated rings. The van der Waals surface area contributed by atoms with Gasteiger partial charge in [-0.1, -0.05) is 87.3 Å². The first-order chi connectivity index (χ1) is 13.4. The molecule has 3 aromatic rings. The first-order valence-corrected chi connectivity index (χ1v) is 11.1. The van der Waals surface area contributed by atoms with Crippen molar-refractivity contribution in [3.8, 4) is 0 Å². The Hall–Kier alpha value is -1.77. The van der Waals surface area contributed by atoms with Crippen molar-refractivity contribution in [2.24, 2.45) is 0 Å². The number of benzene rings is 3. The third kappa shape index (κ3) is 5.24. The molecule has 0 saturated heterocycles. The summed E-state index contributed by atoms with van der Waals surface area (Å²) in [6.45, 7) is 13.4. The lowest BCUT2D eigenvalue weighted by molar-refractivity contribution is 0.589. The molecule has 0 heterocycles. The second kappa shape index (κ2) is 8.16. The maximum atomic E-state index is 6.35. The third-order valence-electron chi connectivity index (χ3n) is 5.06. The molecule has 1 nitrogen and oxygen atoms in total. The molecule has 0 saturated carbocycles. The van der Waals surface area contributed by atoms with E-state index in [1.54, 1.807) is 0 Å². The zero-order valence-corrected chi connectivity index (χ0v) is 20.4. The van der Waals surface area contributed by atoms with Gasteiger partial charge < -0.3 is 4.90 Å². The van der Waals surface area contributed by atoms with Gasteiger partial charge in [0.2, 0.25) is 0 Å². The van der Waals surface area contributed by atoms with Crippen molar-refractivity contribution < 1.29 is 0 Å². The largest absolute Gasteiger partial charge is 0.310 e. The van der Waals surface area contributed by atoms with Crippen molar-refractivity contribution in [2.45, 2.75) is 52.4 Å². The van der Waals surface area contributed by atoms with E-state index in [0.717, 1.165) is 26.6 Å². The van der Waals surface area contributed by atoms with Gasteiger partial charge in [-0.3, -0.25) is 0 Å². The molecule has 0 unspecified atom stereocenters. The molecule has 3 heteroatoms. The Morgan fingerprint density at radius 3 is 1.83 bits per heavy atom. The predicted octanol–water partition coefficient (Wildman–Crippen LogP) is 9.17. The van der Waals surface area contributed by atoms with Crippen LogP contribution in [0.15, 0.2) is 71.2 Å². The van der Waals surface area contributed by atoms with Crippen molar-refractivity contribution in [1.82, 2.24) is 0 Å². The van der Waals surface area contributed by atoms with Crippen molar-refractivity contribution in [2.75, 3.05) is 4.90 Å². The number of hydrogen-bond donors (Lipinski definition) is 0. The summed E-state index contributed by atoms with van der Waals surface area (Å²) in [4.78, 5) is 2.26. The molecule has 152 valence electrons. The molecule has 0 N–H and O–H groups in total. The number of nitrogens with zero attached hydrogens (tertiary/aromatic N) is 1. The molecule has 3 rings (SSSR count). The summed E-state index contributed by atoms with van der Waals surface area (Å²) in [5.41, 5.74) is 6.02. The molecule has 3 aromatic carbocycles. The van der Waals surface area contributed by atoms with E-state index in [0.29, 0.717) is 0 Å². The van der Waals surface area contributed by atoms with Gasteiger partial charge in [0, 0.05) is 26.6 Å². The second-order valence-electron chi connectivity index (χ2n) is 9.56. The molecule has 0 atom stereocenters. The van der Waals surface area contributed by atoms with E-state index in [-0.39, 0.29) is 10.8 Å². The van der Waals surface area contributed by atoms with Crippen LogP contribution in [0.3, 0.4) is 0 Å². The van der Waals surface area contributed by atoms with Crippen molar-refractivity contribution >= 4 is 44.6 Å². The summed E-state index contributed by atoms with van der Waals surface area (Å²) in [5, 5.41) is 0.727. The minimum atomic E-state index is 0.0502. The zero-order valence-electron chi connectivity index (χ0n) is 18.1. The van der Waals surface area contributed by atoms with E-state index in [2.05, 4.69) is 111 Å². The van der Waals surface area contributed by atoms with Gasteiger partial charge in [0.05, 0.1) is 0 Å². The Morgan fingerprint density at radius 2 is 1.28 bits per heavy atom. The maximum Gasteiger partial charge on any atom is 0.0476 e. The van der Waals surface area contributed by atoms with E-state index in [1.807, 2.05) is 18.2 Å². The molecule has 0 amide bonds. The Labute approximate surface area is 188 Å². The second-order valence-corrected chi connectivity index (χ2v) is 10.9. The smallest absolute Gasteiger partial charge is 0.0476 e. The van der Waals surface area contributed by atoms with Crippen molar-refractivity contribution in [1.29, 1.82) is 0 Å². The predicted molar refractivity (Wildman–Crippen MR) is 131 cm³/mol. The first-order valence-electron chi connectivity index (χ1n) is 9.92. The lowest BCUT2D eigenvalue weighted by Crippen LogP contribution is -2.15. The van der Waals surface area contributed by atoms with Gasteiger partial charge in [0.15, 0.2) is 0 Å². The van der Waals surface area contributed by atoms with Crippen LogP contribution < -0.4 is 4.90 Å². The monoisotopic (exact) mass is 469 g/mol. The van der Waals surface area contributed by atoms with Crippen LogP contribution in [0.1, 0.15) is 52.7 Å². The Kier molecular flexibility index (Phi) is 6.17. The van der Waals surface area contributed by atoms with Crippen molar-refractivity contribution in [3.05, 3.63) is 87.4 Å². The molecule has 0 bridgehead atoms. The molecule has 29 heavy (non-hydrogen) atoms. The highest BCUT2D eigenvalue weighted by Crippen LogP contribution is 2.39.